The molecule has 0 saturated carbocycles. The predicted molar refractivity (Wildman–Crippen MR) is 85.5 cm³/mol. The number of anilines is 1. The lowest BCUT2D eigenvalue weighted by atomic mass is 10.2. The quantitative estimate of drug-likeness (QED) is 0.856. The van der Waals surface area contributed by atoms with Crippen LogP contribution in [0.15, 0.2) is 6.07 Å². The van der Waals surface area contributed by atoms with Crippen LogP contribution in [0, 0.1) is 6.92 Å². The molecule has 1 aromatic heterocycles. The summed E-state index contributed by atoms with van der Waals surface area (Å²) in [5.41, 5.74) is 0.405. The number of ether oxygens (including phenoxy) is 2. The number of nitrogens with zero attached hydrogens (tertiary/aromatic N) is 1. The summed E-state index contributed by atoms with van der Waals surface area (Å²) < 4.78 is 10.4. The number of nitrogens with one attached hydrogen (secondary N) is 1. The van der Waals surface area contributed by atoms with Gasteiger partial charge in [0.2, 0.25) is 5.91 Å². The van der Waals surface area contributed by atoms with Crippen LogP contribution >= 0.6 is 11.3 Å². The van der Waals surface area contributed by atoms with Gasteiger partial charge in [0, 0.05) is 18.0 Å². The van der Waals surface area contributed by atoms with Gasteiger partial charge >= 0.3 is 5.97 Å². The van der Waals surface area contributed by atoms with Gasteiger partial charge in [-0.2, -0.15) is 0 Å². The Kier molecular flexibility index (Phi) is 5.55. The van der Waals surface area contributed by atoms with Crippen molar-refractivity contribution in [2.24, 2.45) is 0 Å². The van der Waals surface area contributed by atoms with E-state index in [0.717, 1.165) is 18.0 Å². The van der Waals surface area contributed by atoms with Crippen molar-refractivity contribution in [2.45, 2.75) is 33.0 Å². The highest BCUT2D eigenvalue weighted by Gasteiger charge is 2.24. The summed E-state index contributed by atoms with van der Waals surface area (Å²) in [4.78, 5) is 26.9. The number of morpholine rings is 1. The number of hydrogen-bond acceptors (Lipinski definition) is 6. The normalized spacial score (nSPS) is 22.4. The molecule has 0 spiro atoms. The Hall–Kier alpha value is -1.44. The Morgan fingerprint density at radius 2 is 2.05 bits per heavy atom. The number of hydrogen-bond donors (Lipinski definition) is 1. The predicted octanol–water partition coefficient (Wildman–Crippen LogP) is 1.89. The third-order valence-corrected chi connectivity index (χ3v) is 4.34. The highest BCUT2D eigenvalue weighted by molar-refractivity contribution is 7.16. The van der Waals surface area contributed by atoms with Crippen LogP contribution in [0.5, 0.6) is 0 Å². The zero-order valence-electron chi connectivity index (χ0n) is 13.3. The smallest absolute Gasteiger partial charge is 0.340 e. The van der Waals surface area contributed by atoms with Crippen LogP contribution in [0.2, 0.25) is 0 Å². The van der Waals surface area contributed by atoms with E-state index >= 15 is 0 Å². The molecule has 0 bridgehead atoms. The Bertz CT molecular complexity index is 548. The van der Waals surface area contributed by atoms with Crippen LogP contribution in [0.3, 0.4) is 0 Å². The summed E-state index contributed by atoms with van der Waals surface area (Å²) >= 11 is 1.37. The van der Waals surface area contributed by atoms with Crippen molar-refractivity contribution in [3.05, 3.63) is 16.5 Å². The van der Waals surface area contributed by atoms with Crippen molar-refractivity contribution in [1.82, 2.24) is 4.90 Å². The summed E-state index contributed by atoms with van der Waals surface area (Å²) in [5, 5.41) is 3.36. The van der Waals surface area contributed by atoms with Crippen molar-refractivity contribution >= 4 is 28.2 Å². The Morgan fingerprint density at radius 3 is 2.64 bits per heavy atom. The Labute approximate surface area is 134 Å². The molecule has 7 heteroatoms. The molecule has 1 N–H and O–H groups in total. The van der Waals surface area contributed by atoms with Gasteiger partial charge in [-0.3, -0.25) is 9.69 Å². The lowest BCUT2D eigenvalue weighted by Gasteiger charge is -2.34. The molecule has 1 amide bonds. The molecule has 0 unspecified atom stereocenters. The first-order valence-electron chi connectivity index (χ1n) is 7.25. The molecule has 22 heavy (non-hydrogen) atoms. The van der Waals surface area contributed by atoms with Gasteiger partial charge in [-0.25, -0.2) is 4.79 Å². The number of carbonyl (C=O) groups is 2. The Balaban J connectivity index is 1.99. The summed E-state index contributed by atoms with van der Waals surface area (Å²) in [6, 6.07) is 1.73. The van der Waals surface area contributed by atoms with Crippen LogP contribution in [0.25, 0.3) is 0 Å². The minimum absolute atomic E-state index is 0.117. The molecule has 2 atom stereocenters. The number of esters is 1. The molecule has 1 aliphatic heterocycles. The number of methoxy groups -OCH3 is 1. The van der Waals surface area contributed by atoms with Crippen LogP contribution in [-0.2, 0) is 14.3 Å². The monoisotopic (exact) mass is 326 g/mol. The first kappa shape index (κ1) is 16.9. The third-order valence-electron chi connectivity index (χ3n) is 3.38. The van der Waals surface area contributed by atoms with E-state index in [1.165, 1.54) is 18.4 Å². The summed E-state index contributed by atoms with van der Waals surface area (Å²) in [7, 11) is 1.33. The van der Waals surface area contributed by atoms with Crippen molar-refractivity contribution < 1.29 is 19.1 Å². The largest absolute Gasteiger partial charge is 0.465 e. The number of carbonyl (C=O) groups excluding carboxylic acids is 2. The first-order valence-corrected chi connectivity index (χ1v) is 8.07. The second-order valence-electron chi connectivity index (χ2n) is 5.59. The number of thiophene rings is 1. The molecule has 1 aromatic rings. The van der Waals surface area contributed by atoms with Gasteiger partial charge in [0.05, 0.1) is 31.4 Å². The van der Waals surface area contributed by atoms with E-state index in [0.29, 0.717) is 10.6 Å². The van der Waals surface area contributed by atoms with E-state index < -0.39 is 5.97 Å². The fraction of sp³-hybridized carbons (Fsp3) is 0.600. The maximum atomic E-state index is 12.2. The highest BCUT2D eigenvalue weighted by Crippen LogP contribution is 2.28. The topological polar surface area (TPSA) is 67.9 Å². The van der Waals surface area contributed by atoms with Crippen molar-refractivity contribution in [3.8, 4) is 0 Å². The van der Waals surface area contributed by atoms with Crippen molar-refractivity contribution in [3.63, 3.8) is 0 Å². The molecular weight excluding hydrogens is 304 g/mol. The van der Waals surface area contributed by atoms with E-state index in [1.54, 1.807) is 6.07 Å². The fourth-order valence-electron chi connectivity index (χ4n) is 2.65. The maximum Gasteiger partial charge on any atom is 0.340 e. The second kappa shape index (κ2) is 7.21. The molecule has 2 rings (SSSR count). The molecule has 1 fully saturated rings. The molecule has 0 radical (unpaired) electrons. The van der Waals surface area contributed by atoms with Gasteiger partial charge in [-0.15, -0.1) is 11.3 Å². The fourth-order valence-corrected chi connectivity index (χ4v) is 3.57. The third kappa shape index (κ3) is 4.28. The molecular formula is C15H22N2O4S. The number of rotatable bonds is 4. The average molecular weight is 326 g/mol. The van der Waals surface area contributed by atoms with Gasteiger partial charge < -0.3 is 14.8 Å². The number of aryl methyl sites for hydroxylation is 1. The summed E-state index contributed by atoms with van der Waals surface area (Å²) in [6.07, 6.45) is 0.234. The van der Waals surface area contributed by atoms with Crippen molar-refractivity contribution in [1.29, 1.82) is 0 Å². The second-order valence-corrected chi connectivity index (χ2v) is 6.85. The first-order chi connectivity index (χ1) is 10.4. The van der Waals surface area contributed by atoms with Crippen LogP contribution in [-0.4, -0.2) is 55.7 Å². The zero-order chi connectivity index (χ0) is 16.3. The van der Waals surface area contributed by atoms with Gasteiger partial charge in [0.25, 0.3) is 0 Å². The summed E-state index contributed by atoms with van der Waals surface area (Å²) in [5.74, 6) is -0.568. The van der Waals surface area contributed by atoms with Crippen LogP contribution < -0.4 is 5.32 Å². The molecule has 1 aliphatic rings. The van der Waals surface area contributed by atoms with E-state index in [2.05, 4.69) is 10.2 Å². The molecule has 0 aliphatic carbocycles. The van der Waals surface area contributed by atoms with Gasteiger partial charge in [0.1, 0.15) is 5.00 Å². The van der Waals surface area contributed by atoms with E-state index in [9.17, 15) is 9.59 Å². The minimum atomic E-state index is -0.437. The molecule has 6 nitrogen and oxygen atoms in total. The van der Waals surface area contributed by atoms with E-state index in [-0.39, 0.29) is 24.7 Å². The zero-order valence-corrected chi connectivity index (χ0v) is 14.2. The Morgan fingerprint density at radius 1 is 1.41 bits per heavy atom. The SMILES string of the molecule is COC(=O)c1cc(C)sc1NC(=O)CN1C[C@@H](C)O[C@H](C)C1. The lowest BCUT2D eigenvalue weighted by molar-refractivity contribution is -0.121. The highest BCUT2D eigenvalue weighted by atomic mass is 32.1. The van der Waals surface area contributed by atoms with Crippen LogP contribution in [0.4, 0.5) is 5.00 Å². The van der Waals surface area contributed by atoms with Crippen LogP contribution in [0.1, 0.15) is 29.1 Å². The lowest BCUT2D eigenvalue weighted by Crippen LogP contribution is -2.48. The van der Waals surface area contributed by atoms with E-state index in [1.807, 2.05) is 20.8 Å². The van der Waals surface area contributed by atoms with E-state index in [4.69, 9.17) is 9.47 Å². The molecule has 122 valence electrons. The average Bonchev–Trinajstić information content (AvgIpc) is 2.77. The maximum absolute atomic E-state index is 12.2. The summed E-state index contributed by atoms with van der Waals surface area (Å²) in [6.45, 7) is 7.63. The molecule has 0 aromatic carbocycles. The number of amides is 1. The van der Waals surface area contributed by atoms with Gasteiger partial charge in [-0.1, -0.05) is 0 Å². The minimum Gasteiger partial charge on any atom is -0.465 e. The standard InChI is InChI=1S/C15H22N2O4S/c1-9-6-17(7-10(2)21-9)8-13(18)16-14-12(15(19)20-4)5-11(3)22-14/h5,9-10H,6-8H2,1-4H3,(H,16,18)/t9-,10-/m1/s1. The van der Waals surface area contributed by atoms with Gasteiger partial charge in [-0.05, 0) is 26.8 Å². The van der Waals surface area contributed by atoms with Crippen molar-refractivity contribution in [2.75, 3.05) is 32.1 Å². The van der Waals surface area contributed by atoms with Gasteiger partial charge in [0.15, 0.2) is 0 Å². The molecule has 2 heterocycles. The molecule has 1 saturated heterocycles.